The number of phenolic OH excluding ortho intramolecular Hbond substituents is 1. The fraction of sp³-hybridized carbons (Fsp3) is 0.176. The Hall–Kier alpha value is -2.94. The molecule has 0 bridgehead atoms. The van der Waals surface area contributed by atoms with Crippen molar-refractivity contribution >= 4 is 34.9 Å². The summed E-state index contributed by atoms with van der Waals surface area (Å²) in [6.45, 7) is -0.634. The minimum Gasteiger partial charge on any atom is -0.507 e. The van der Waals surface area contributed by atoms with Gasteiger partial charge in [0.15, 0.2) is 0 Å². The molecule has 2 aromatic rings. The number of carbonyl (C=O) groups excluding carboxylic acids is 1. The lowest BCUT2D eigenvalue weighted by atomic mass is 10.1. The number of hydrogen-bond donors (Lipinski definition) is 3. The molecular formula is C17H14ClF3N2O4. The first-order valence-electron chi connectivity index (χ1n) is 7.43. The van der Waals surface area contributed by atoms with Gasteiger partial charge in [-0.15, -0.1) is 0 Å². The van der Waals surface area contributed by atoms with Crippen molar-refractivity contribution in [1.82, 2.24) is 0 Å². The summed E-state index contributed by atoms with van der Waals surface area (Å²) < 4.78 is 40.1. The molecule has 0 aliphatic carbocycles. The van der Waals surface area contributed by atoms with Crippen molar-refractivity contribution in [2.75, 3.05) is 23.8 Å². The molecule has 27 heavy (non-hydrogen) atoms. The first kappa shape index (κ1) is 20.4. The molecule has 0 unspecified atom stereocenters. The van der Waals surface area contributed by atoms with E-state index in [9.17, 15) is 27.9 Å². The quantitative estimate of drug-likeness (QED) is 0.707. The number of aliphatic carboxylic acids is 1. The zero-order valence-corrected chi connectivity index (χ0v) is 14.6. The number of nitrogens with zero attached hydrogens (tertiary/aromatic N) is 1. The summed E-state index contributed by atoms with van der Waals surface area (Å²) in [5, 5.41) is 20.9. The molecule has 0 radical (unpaired) electrons. The number of aromatic hydroxyl groups is 1. The van der Waals surface area contributed by atoms with E-state index in [1.54, 1.807) is 0 Å². The van der Waals surface area contributed by atoms with E-state index >= 15 is 0 Å². The highest BCUT2D eigenvalue weighted by Crippen LogP contribution is 2.38. The van der Waals surface area contributed by atoms with Crippen LogP contribution in [0.5, 0.6) is 5.75 Å². The first-order chi connectivity index (χ1) is 12.5. The van der Waals surface area contributed by atoms with Crippen LogP contribution in [0.15, 0.2) is 36.4 Å². The average Bonchev–Trinajstić information content (AvgIpc) is 2.55. The third kappa shape index (κ3) is 5.04. The Kier molecular flexibility index (Phi) is 5.85. The van der Waals surface area contributed by atoms with Gasteiger partial charge in [0, 0.05) is 23.4 Å². The van der Waals surface area contributed by atoms with Crippen LogP contribution in [0.1, 0.15) is 15.9 Å². The molecule has 0 aliphatic rings. The van der Waals surface area contributed by atoms with E-state index in [1.807, 2.05) is 0 Å². The molecular weight excluding hydrogens is 389 g/mol. The summed E-state index contributed by atoms with van der Waals surface area (Å²) in [5.41, 5.74) is -1.85. The minimum absolute atomic E-state index is 0.166. The number of phenols is 1. The largest absolute Gasteiger partial charge is 0.507 e. The maximum Gasteiger partial charge on any atom is 0.418 e. The van der Waals surface area contributed by atoms with Crippen molar-refractivity contribution in [2.24, 2.45) is 0 Å². The summed E-state index contributed by atoms with van der Waals surface area (Å²) in [6.07, 6.45) is -4.78. The molecule has 2 aromatic carbocycles. The Balaban J connectivity index is 2.37. The number of likely N-dealkylation sites (N-methyl/N-ethyl adjacent to an activating group) is 1. The highest BCUT2D eigenvalue weighted by atomic mass is 35.5. The maximum atomic E-state index is 13.4. The lowest BCUT2D eigenvalue weighted by molar-refractivity contribution is -0.138. The number of alkyl halides is 3. The molecule has 144 valence electrons. The SMILES string of the molecule is CN(CC(=O)O)c1ccc(NC(=O)c2cc(Cl)ccc2O)cc1C(F)(F)F. The fourth-order valence-electron chi connectivity index (χ4n) is 2.35. The van der Waals surface area contributed by atoms with Crippen LogP contribution in [0.3, 0.4) is 0 Å². The third-order valence-electron chi connectivity index (χ3n) is 3.55. The summed E-state index contributed by atoms with van der Waals surface area (Å²) in [4.78, 5) is 23.9. The predicted molar refractivity (Wildman–Crippen MR) is 93.4 cm³/mol. The van der Waals surface area contributed by atoms with Gasteiger partial charge in [0.05, 0.1) is 11.1 Å². The smallest absolute Gasteiger partial charge is 0.418 e. The summed E-state index contributed by atoms with van der Waals surface area (Å²) in [6, 6.07) is 6.64. The molecule has 6 nitrogen and oxygen atoms in total. The molecule has 0 saturated carbocycles. The lowest BCUT2D eigenvalue weighted by Crippen LogP contribution is -2.27. The van der Waals surface area contributed by atoms with E-state index in [0.29, 0.717) is 6.07 Å². The maximum absolute atomic E-state index is 13.4. The van der Waals surface area contributed by atoms with E-state index in [2.05, 4.69) is 5.32 Å². The van der Waals surface area contributed by atoms with Crippen molar-refractivity contribution in [3.05, 3.63) is 52.5 Å². The van der Waals surface area contributed by atoms with Crippen LogP contribution in [0.2, 0.25) is 5.02 Å². The first-order valence-corrected chi connectivity index (χ1v) is 7.81. The van der Waals surface area contributed by atoms with Crippen molar-refractivity contribution in [1.29, 1.82) is 0 Å². The van der Waals surface area contributed by atoms with Crippen LogP contribution in [-0.4, -0.2) is 35.7 Å². The Morgan fingerprint density at radius 2 is 1.85 bits per heavy atom. The second kappa shape index (κ2) is 7.75. The van der Waals surface area contributed by atoms with E-state index in [0.717, 1.165) is 11.0 Å². The van der Waals surface area contributed by atoms with Gasteiger partial charge in [0.1, 0.15) is 12.3 Å². The van der Waals surface area contributed by atoms with Crippen LogP contribution < -0.4 is 10.2 Å². The molecule has 2 rings (SSSR count). The van der Waals surface area contributed by atoms with Gasteiger partial charge < -0.3 is 20.4 Å². The highest BCUT2D eigenvalue weighted by molar-refractivity contribution is 6.31. The molecule has 0 spiro atoms. The second-order valence-corrected chi connectivity index (χ2v) is 6.03. The summed E-state index contributed by atoms with van der Waals surface area (Å²) in [5.74, 6) is -2.53. The molecule has 0 heterocycles. The number of carboxylic acid groups (broad SMARTS) is 1. The standard InChI is InChI=1S/C17H14ClF3N2O4/c1-23(8-15(25)26)13-4-3-10(7-12(13)17(19,20)21)22-16(27)11-6-9(18)2-5-14(11)24/h2-7,24H,8H2,1H3,(H,22,27)(H,25,26). The molecule has 0 saturated heterocycles. The zero-order valence-electron chi connectivity index (χ0n) is 13.8. The number of carboxylic acids is 1. The molecule has 0 aromatic heterocycles. The number of benzene rings is 2. The number of amides is 1. The number of hydrogen-bond acceptors (Lipinski definition) is 4. The third-order valence-corrected chi connectivity index (χ3v) is 3.78. The van der Waals surface area contributed by atoms with Crippen molar-refractivity contribution in [3.8, 4) is 5.75 Å². The van der Waals surface area contributed by atoms with Gasteiger partial charge in [-0.05, 0) is 36.4 Å². The van der Waals surface area contributed by atoms with Gasteiger partial charge in [-0.2, -0.15) is 13.2 Å². The van der Waals surface area contributed by atoms with Crippen LogP contribution >= 0.6 is 11.6 Å². The van der Waals surface area contributed by atoms with Gasteiger partial charge in [0.25, 0.3) is 5.91 Å². The summed E-state index contributed by atoms with van der Waals surface area (Å²) >= 11 is 5.75. The van der Waals surface area contributed by atoms with Crippen LogP contribution in [0.25, 0.3) is 0 Å². The molecule has 0 atom stereocenters. The Labute approximate surface area is 156 Å². The molecule has 3 N–H and O–H groups in total. The highest BCUT2D eigenvalue weighted by Gasteiger charge is 2.35. The average molecular weight is 403 g/mol. The van der Waals surface area contributed by atoms with Crippen LogP contribution in [0.4, 0.5) is 24.5 Å². The second-order valence-electron chi connectivity index (χ2n) is 5.60. The number of rotatable bonds is 5. The molecule has 0 aliphatic heterocycles. The van der Waals surface area contributed by atoms with E-state index < -0.39 is 30.2 Å². The summed E-state index contributed by atoms with van der Waals surface area (Å²) in [7, 11) is 1.21. The molecule has 0 fully saturated rings. The number of carbonyl (C=O) groups is 2. The van der Waals surface area contributed by atoms with Crippen LogP contribution in [-0.2, 0) is 11.0 Å². The van der Waals surface area contributed by atoms with E-state index in [1.165, 1.54) is 31.3 Å². The Morgan fingerprint density at radius 3 is 2.44 bits per heavy atom. The van der Waals surface area contributed by atoms with Crippen LogP contribution in [0, 0.1) is 0 Å². The minimum atomic E-state index is -4.78. The number of halogens is 4. The molecule has 10 heteroatoms. The van der Waals surface area contributed by atoms with Crippen molar-refractivity contribution in [2.45, 2.75) is 6.18 Å². The molecule has 1 amide bonds. The topological polar surface area (TPSA) is 89.9 Å². The van der Waals surface area contributed by atoms with Gasteiger partial charge >= 0.3 is 12.1 Å². The normalized spacial score (nSPS) is 11.1. The lowest BCUT2D eigenvalue weighted by Gasteiger charge is -2.22. The van der Waals surface area contributed by atoms with E-state index in [-0.39, 0.29) is 27.7 Å². The Bertz CT molecular complexity index is 887. The Morgan fingerprint density at radius 1 is 1.19 bits per heavy atom. The van der Waals surface area contributed by atoms with E-state index in [4.69, 9.17) is 16.7 Å². The van der Waals surface area contributed by atoms with Crippen molar-refractivity contribution in [3.63, 3.8) is 0 Å². The number of nitrogens with one attached hydrogen (secondary N) is 1. The van der Waals surface area contributed by atoms with Gasteiger partial charge in [0.2, 0.25) is 0 Å². The van der Waals surface area contributed by atoms with Gasteiger partial charge in [-0.1, -0.05) is 11.6 Å². The monoisotopic (exact) mass is 402 g/mol. The zero-order chi connectivity index (χ0) is 20.4. The van der Waals surface area contributed by atoms with Gasteiger partial charge in [-0.25, -0.2) is 0 Å². The fourth-order valence-corrected chi connectivity index (χ4v) is 2.52. The van der Waals surface area contributed by atoms with Gasteiger partial charge in [-0.3, -0.25) is 9.59 Å². The van der Waals surface area contributed by atoms with Crippen molar-refractivity contribution < 1.29 is 33.0 Å². The predicted octanol–water partition coefficient (Wildman–Crippen LogP) is 3.84. The number of anilines is 2.